The molecular formula is C22H23N3O4. The second-order valence-corrected chi connectivity index (χ2v) is 6.24. The molecule has 0 radical (unpaired) electrons. The molecule has 1 aromatic heterocycles. The van der Waals surface area contributed by atoms with E-state index < -0.39 is 5.97 Å². The SMILES string of the molecule is CCCC(=O)NN=C(C)c1ccncc1.O=C(O)c1cc2ccccc2cc1O. The Bertz CT molecular complexity index is 1020. The number of benzene rings is 2. The van der Waals surface area contributed by atoms with Crippen LogP contribution in [0.15, 0.2) is 66.0 Å². The highest BCUT2D eigenvalue weighted by Gasteiger charge is 2.09. The molecule has 0 aliphatic heterocycles. The number of nitrogens with one attached hydrogen (secondary N) is 1. The van der Waals surface area contributed by atoms with Crippen molar-refractivity contribution in [3.8, 4) is 5.75 Å². The maximum absolute atomic E-state index is 11.1. The standard InChI is InChI=1S/C11H15N3O.C11H8O3/c1-3-4-11(15)14-13-9(2)10-5-7-12-8-6-10;12-10-6-8-4-2-1-3-7(8)5-9(10)11(13)14/h5-8H,3-4H2,1-2H3,(H,14,15);1-6,12H,(H,13,14). The minimum atomic E-state index is -1.12. The fraction of sp³-hybridized carbons (Fsp3) is 0.182. The molecule has 7 heteroatoms. The number of amides is 1. The molecule has 29 heavy (non-hydrogen) atoms. The Kier molecular flexibility index (Phi) is 7.85. The third-order valence-corrected chi connectivity index (χ3v) is 4.02. The van der Waals surface area contributed by atoms with E-state index in [1.165, 1.54) is 12.1 Å². The average molecular weight is 393 g/mol. The Hall–Kier alpha value is -3.74. The molecule has 1 amide bonds. The number of phenols is 1. The Morgan fingerprint density at radius 3 is 2.28 bits per heavy atom. The molecule has 7 nitrogen and oxygen atoms in total. The third-order valence-electron chi connectivity index (χ3n) is 4.02. The highest BCUT2D eigenvalue weighted by Crippen LogP contribution is 2.24. The molecule has 3 aromatic rings. The molecule has 3 rings (SSSR count). The van der Waals surface area contributed by atoms with Crippen molar-refractivity contribution in [2.75, 3.05) is 0 Å². The molecule has 0 spiro atoms. The maximum atomic E-state index is 11.1. The first kappa shape index (κ1) is 21.6. The van der Waals surface area contributed by atoms with Gasteiger partial charge in [0.25, 0.3) is 0 Å². The van der Waals surface area contributed by atoms with Gasteiger partial charge in [-0.05, 0) is 48.4 Å². The first-order valence-corrected chi connectivity index (χ1v) is 9.11. The van der Waals surface area contributed by atoms with E-state index in [2.05, 4.69) is 15.5 Å². The van der Waals surface area contributed by atoms with Crippen molar-refractivity contribution in [3.63, 3.8) is 0 Å². The Morgan fingerprint density at radius 1 is 1.07 bits per heavy atom. The van der Waals surface area contributed by atoms with Gasteiger partial charge in [0, 0.05) is 24.4 Å². The summed E-state index contributed by atoms with van der Waals surface area (Å²) >= 11 is 0. The Morgan fingerprint density at radius 2 is 1.69 bits per heavy atom. The number of fused-ring (bicyclic) bond motifs is 1. The van der Waals surface area contributed by atoms with Crippen LogP contribution < -0.4 is 5.43 Å². The van der Waals surface area contributed by atoms with Crippen LogP contribution in [0.25, 0.3) is 10.8 Å². The normalized spacial score (nSPS) is 10.8. The summed E-state index contributed by atoms with van der Waals surface area (Å²) in [4.78, 5) is 25.8. The number of aromatic hydroxyl groups is 1. The number of aromatic nitrogens is 1. The van der Waals surface area contributed by atoms with E-state index in [1.54, 1.807) is 18.5 Å². The van der Waals surface area contributed by atoms with Crippen molar-refractivity contribution < 1.29 is 19.8 Å². The van der Waals surface area contributed by atoms with Gasteiger partial charge in [0.15, 0.2) is 0 Å². The zero-order valence-corrected chi connectivity index (χ0v) is 16.3. The van der Waals surface area contributed by atoms with Crippen molar-refractivity contribution in [2.45, 2.75) is 26.7 Å². The zero-order valence-electron chi connectivity index (χ0n) is 16.3. The number of carboxylic acids is 1. The van der Waals surface area contributed by atoms with Crippen LogP contribution in [-0.4, -0.2) is 32.8 Å². The van der Waals surface area contributed by atoms with Gasteiger partial charge in [-0.25, -0.2) is 10.2 Å². The Labute approximate surface area is 168 Å². The van der Waals surface area contributed by atoms with Gasteiger partial charge in [0.2, 0.25) is 5.91 Å². The highest BCUT2D eigenvalue weighted by molar-refractivity contribution is 5.99. The summed E-state index contributed by atoms with van der Waals surface area (Å²) in [6.45, 7) is 3.81. The van der Waals surface area contributed by atoms with Gasteiger partial charge in [0.05, 0.1) is 5.71 Å². The summed E-state index contributed by atoms with van der Waals surface area (Å²) in [5, 5.41) is 23.8. The summed E-state index contributed by atoms with van der Waals surface area (Å²) in [5.41, 5.74) is 4.18. The zero-order chi connectivity index (χ0) is 21.2. The number of hydrazone groups is 1. The summed E-state index contributed by atoms with van der Waals surface area (Å²) < 4.78 is 0. The molecule has 0 bridgehead atoms. The molecule has 0 aliphatic carbocycles. The van der Waals surface area contributed by atoms with Crippen LogP contribution in [-0.2, 0) is 4.79 Å². The number of carboxylic acid groups (broad SMARTS) is 1. The second-order valence-electron chi connectivity index (χ2n) is 6.24. The molecule has 150 valence electrons. The van der Waals surface area contributed by atoms with Crippen LogP contribution in [0, 0.1) is 0 Å². The lowest BCUT2D eigenvalue weighted by Gasteiger charge is -2.02. The first-order chi connectivity index (χ1) is 13.9. The monoisotopic (exact) mass is 393 g/mol. The molecule has 3 N–H and O–H groups in total. The van der Waals surface area contributed by atoms with Gasteiger partial charge in [-0.2, -0.15) is 5.10 Å². The van der Waals surface area contributed by atoms with Crippen molar-refractivity contribution >= 4 is 28.4 Å². The molecule has 0 saturated heterocycles. The second kappa shape index (κ2) is 10.6. The summed E-state index contributed by atoms with van der Waals surface area (Å²) in [7, 11) is 0. The van der Waals surface area contributed by atoms with Crippen LogP contribution in [0.2, 0.25) is 0 Å². The average Bonchev–Trinajstić information content (AvgIpc) is 2.72. The van der Waals surface area contributed by atoms with E-state index >= 15 is 0 Å². The molecular weight excluding hydrogens is 370 g/mol. The minimum absolute atomic E-state index is 0.0501. The van der Waals surface area contributed by atoms with Gasteiger partial charge >= 0.3 is 5.97 Å². The summed E-state index contributed by atoms with van der Waals surface area (Å²) in [6.07, 6.45) is 4.73. The van der Waals surface area contributed by atoms with Crippen molar-refractivity contribution in [2.24, 2.45) is 5.10 Å². The third kappa shape index (κ3) is 6.42. The highest BCUT2D eigenvalue weighted by atomic mass is 16.4. The smallest absolute Gasteiger partial charge is 0.339 e. The van der Waals surface area contributed by atoms with Crippen molar-refractivity contribution in [1.29, 1.82) is 0 Å². The predicted molar refractivity (Wildman–Crippen MR) is 112 cm³/mol. The van der Waals surface area contributed by atoms with Gasteiger partial charge in [-0.15, -0.1) is 0 Å². The molecule has 2 aromatic carbocycles. The molecule has 1 heterocycles. The number of aromatic carboxylic acids is 1. The van der Waals surface area contributed by atoms with Gasteiger partial charge < -0.3 is 10.2 Å². The summed E-state index contributed by atoms with van der Waals surface area (Å²) in [5.74, 6) is -1.37. The summed E-state index contributed by atoms with van der Waals surface area (Å²) in [6, 6.07) is 13.9. The lowest BCUT2D eigenvalue weighted by atomic mass is 10.1. The van der Waals surface area contributed by atoms with Crippen LogP contribution in [0.5, 0.6) is 5.75 Å². The van der Waals surface area contributed by atoms with E-state index in [-0.39, 0.29) is 17.2 Å². The van der Waals surface area contributed by atoms with Crippen LogP contribution in [0.1, 0.15) is 42.6 Å². The van der Waals surface area contributed by atoms with E-state index in [0.29, 0.717) is 6.42 Å². The maximum Gasteiger partial charge on any atom is 0.339 e. The first-order valence-electron chi connectivity index (χ1n) is 9.11. The molecule has 0 fully saturated rings. The number of carbonyl (C=O) groups is 2. The number of hydrogen-bond donors (Lipinski definition) is 3. The van der Waals surface area contributed by atoms with Gasteiger partial charge in [-0.1, -0.05) is 31.2 Å². The fourth-order valence-electron chi connectivity index (χ4n) is 2.49. The van der Waals surface area contributed by atoms with Crippen LogP contribution in [0.3, 0.4) is 0 Å². The molecule has 0 atom stereocenters. The quantitative estimate of drug-likeness (QED) is 0.449. The minimum Gasteiger partial charge on any atom is -0.507 e. The van der Waals surface area contributed by atoms with Gasteiger partial charge in [0.1, 0.15) is 11.3 Å². The largest absolute Gasteiger partial charge is 0.507 e. The number of nitrogens with zero attached hydrogens (tertiary/aromatic N) is 2. The van der Waals surface area contributed by atoms with Crippen molar-refractivity contribution in [1.82, 2.24) is 10.4 Å². The molecule has 0 aliphatic rings. The lowest BCUT2D eigenvalue weighted by Crippen LogP contribution is -2.18. The van der Waals surface area contributed by atoms with E-state index in [9.17, 15) is 14.7 Å². The topological polar surface area (TPSA) is 112 Å². The number of carbonyl (C=O) groups excluding carboxylic acids is 1. The Balaban J connectivity index is 0.000000207. The van der Waals surface area contributed by atoms with E-state index in [1.807, 2.05) is 44.2 Å². The number of rotatable bonds is 5. The molecule has 0 unspecified atom stereocenters. The number of hydrogen-bond acceptors (Lipinski definition) is 5. The molecule has 0 saturated carbocycles. The van der Waals surface area contributed by atoms with Crippen molar-refractivity contribution in [3.05, 3.63) is 72.1 Å². The lowest BCUT2D eigenvalue weighted by molar-refractivity contribution is -0.121. The van der Waals surface area contributed by atoms with Gasteiger partial charge in [-0.3, -0.25) is 9.78 Å². The number of pyridine rings is 1. The van der Waals surface area contributed by atoms with Crippen LogP contribution >= 0.6 is 0 Å². The van der Waals surface area contributed by atoms with E-state index in [0.717, 1.165) is 28.5 Å². The fourth-order valence-corrected chi connectivity index (χ4v) is 2.49. The predicted octanol–water partition coefficient (Wildman–Crippen LogP) is 3.97. The van der Waals surface area contributed by atoms with Crippen LogP contribution in [0.4, 0.5) is 0 Å². The van der Waals surface area contributed by atoms with E-state index in [4.69, 9.17) is 5.11 Å².